The number of hydrogen-bond donors (Lipinski definition) is 1. The topological polar surface area (TPSA) is 45.0 Å². The number of methoxy groups -OCH3 is 1. The van der Waals surface area contributed by atoms with Crippen LogP contribution in [0.15, 0.2) is 36.4 Å². The lowest BCUT2D eigenvalue weighted by Crippen LogP contribution is -2.02. The number of nitrogens with one attached hydrogen (secondary N) is 1. The lowest BCUT2D eigenvalue weighted by molar-refractivity contribution is 0.386. The average molecular weight is 270 g/mol. The Balaban J connectivity index is 2.09. The highest BCUT2D eigenvalue weighted by molar-refractivity contribution is 5.48. The number of nitrogens with zero attached hydrogens (tertiary/aromatic N) is 1. The molecule has 0 radical (unpaired) electrons. The second-order valence-electron chi connectivity index (χ2n) is 4.46. The molecule has 0 unspecified atom stereocenters. The molecule has 0 bridgehead atoms. The van der Waals surface area contributed by atoms with Gasteiger partial charge in [-0.2, -0.15) is 5.26 Å². The molecule has 2 aromatic carbocycles. The smallest absolute Gasteiger partial charge is 0.167 e. The van der Waals surface area contributed by atoms with Crippen molar-refractivity contribution in [2.24, 2.45) is 0 Å². The first-order chi connectivity index (χ1) is 9.63. The number of ether oxygens (including phenoxy) is 1. The Labute approximate surface area is 117 Å². The highest BCUT2D eigenvalue weighted by Crippen LogP contribution is 2.21. The Morgan fingerprint density at radius 1 is 1.25 bits per heavy atom. The SMILES string of the molecule is COc1ccc(NCc2ccc(C#N)cc2C)cc1F. The molecule has 0 aliphatic carbocycles. The third-order valence-electron chi connectivity index (χ3n) is 3.11. The molecule has 0 amide bonds. The molecule has 0 atom stereocenters. The molecule has 2 aromatic rings. The van der Waals surface area contributed by atoms with E-state index in [-0.39, 0.29) is 5.75 Å². The van der Waals surface area contributed by atoms with Crippen molar-refractivity contribution in [1.82, 2.24) is 0 Å². The molecule has 4 heteroatoms. The molecule has 0 saturated carbocycles. The highest BCUT2D eigenvalue weighted by Gasteiger charge is 2.04. The van der Waals surface area contributed by atoms with Crippen LogP contribution in [-0.2, 0) is 6.54 Å². The third kappa shape index (κ3) is 3.07. The van der Waals surface area contributed by atoms with E-state index in [9.17, 15) is 4.39 Å². The Bertz CT molecular complexity index is 662. The highest BCUT2D eigenvalue weighted by atomic mass is 19.1. The second-order valence-corrected chi connectivity index (χ2v) is 4.46. The molecule has 3 nitrogen and oxygen atoms in total. The van der Waals surface area contributed by atoms with Gasteiger partial charge in [-0.25, -0.2) is 4.39 Å². The molecule has 0 aliphatic heterocycles. The predicted molar refractivity (Wildman–Crippen MR) is 76.2 cm³/mol. The lowest BCUT2D eigenvalue weighted by atomic mass is 10.1. The fourth-order valence-corrected chi connectivity index (χ4v) is 1.94. The lowest BCUT2D eigenvalue weighted by Gasteiger charge is -2.10. The second kappa shape index (κ2) is 6.07. The monoisotopic (exact) mass is 270 g/mol. The van der Waals surface area contributed by atoms with E-state index in [0.717, 1.165) is 11.1 Å². The Hall–Kier alpha value is -2.54. The number of rotatable bonds is 4. The minimum absolute atomic E-state index is 0.227. The van der Waals surface area contributed by atoms with Crippen LogP contribution in [0.25, 0.3) is 0 Å². The van der Waals surface area contributed by atoms with Crippen molar-refractivity contribution in [3.05, 3.63) is 58.9 Å². The van der Waals surface area contributed by atoms with Gasteiger partial charge in [-0.3, -0.25) is 0 Å². The van der Waals surface area contributed by atoms with Gasteiger partial charge in [0.1, 0.15) is 0 Å². The quantitative estimate of drug-likeness (QED) is 0.922. The van der Waals surface area contributed by atoms with Gasteiger partial charge in [0.05, 0.1) is 18.7 Å². The zero-order valence-electron chi connectivity index (χ0n) is 11.4. The van der Waals surface area contributed by atoms with E-state index in [1.807, 2.05) is 19.1 Å². The zero-order chi connectivity index (χ0) is 14.5. The van der Waals surface area contributed by atoms with Crippen molar-refractivity contribution in [2.75, 3.05) is 12.4 Å². The number of hydrogen-bond acceptors (Lipinski definition) is 3. The van der Waals surface area contributed by atoms with Gasteiger partial charge in [0, 0.05) is 18.3 Å². The standard InChI is InChI=1S/C16H15FN2O/c1-11-7-12(9-18)3-4-13(11)10-19-14-5-6-16(20-2)15(17)8-14/h3-8,19H,10H2,1-2H3. The van der Waals surface area contributed by atoms with Crippen LogP contribution in [0.5, 0.6) is 5.75 Å². The number of halogens is 1. The van der Waals surface area contributed by atoms with Gasteiger partial charge in [0.2, 0.25) is 0 Å². The third-order valence-corrected chi connectivity index (χ3v) is 3.11. The van der Waals surface area contributed by atoms with Crippen molar-refractivity contribution in [3.8, 4) is 11.8 Å². The van der Waals surface area contributed by atoms with Gasteiger partial charge >= 0.3 is 0 Å². The van der Waals surface area contributed by atoms with Gasteiger partial charge in [0.25, 0.3) is 0 Å². The van der Waals surface area contributed by atoms with Gasteiger partial charge in [0.15, 0.2) is 11.6 Å². The summed E-state index contributed by atoms with van der Waals surface area (Å²) in [4.78, 5) is 0. The molecule has 20 heavy (non-hydrogen) atoms. The minimum atomic E-state index is -0.394. The molecule has 1 N–H and O–H groups in total. The van der Waals surface area contributed by atoms with Gasteiger partial charge in [-0.15, -0.1) is 0 Å². The Morgan fingerprint density at radius 2 is 2.05 bits per heavy atom. The number of anilines is 1. The van der Waals surface area contributed by atoms with Crippen LogP contribution in [0.4, 0.5) is 10.1 Å². The summed E-state index contributed by atoms with van der Waals surface area (Å²) in [7, 11) is 1.44. The summed E-state index contributed by atoms with van der Waals surface area (Å²) in [5, 5.41) is 12.0. The van der Waals surface area contributed by atoms with E-state index in [2.05, 4.69) is 11.4 Å². The number of aryl methyl sites for hydroxylation is 1. The van der Waals surface area contributed by atoms with Gasteiger partial charge in [-0.05, 0) is 42.3 Å². The molecular weight excluding hydrogens is 255 g/mol. The van der Waals surface area contributed by atoms with E-state index in [0.29, 0.717) is 17.8 Å². The summed E-state index contributed by atoms with van der Waals surface area (Å²) < 4.78 is 18.4. The summed E-state index contributed by atoms with van der Waals surface area (Å²) in [6.07, 6.45) is 0. The van der Waals surface area contributed by atoms with E-state index in [1.54, 1.807) is 18.2 Å². The van der Waals surface area contributed by atoms with Crippen LogP contribution >= 0.6 is 0 Å². The largest absolute Gasteiger partial charge is 0.494 e. The molecule has 102 valence electrons. The van der Waals surface area contributed by atoms with Crippen LogP contribution in [0.1, 0.15) is 16.7 Å². The maximum absolute atomic E-state index is 13.6. The fraction of sp³-hybridized carbons (Fsp3) is 0.188. The van der Waals surface area contributed by atoms with Crippen LogP contribution in [0, 0.1) is 24.1 Å². The van der Waals surface area contributed by atoms with E-state index < -0.39 is 5.82 Å². The zero-order valence-corrected chi connectivity index (χ0v) is 11.4. The van der Waals surface area contributed by atoms with Crippen molar-refractivity contribution in [3.63, 3.8) is 0 Å². The molecule has 2 rings (SSSR count). The van der Waals surface area contributed by atoms with Crippen molar-refractivity contribution < 1.29 is 9.13 Å². The molecule has 0 saturated heterocycles. The normalized spacial score (nSPS) is 9.90. The van der Waals surface area contributed by atoms with Gasteiger partial charge in [-0.1, -0.05) is 6.07 Å². The first-order valence-electron chi connectivity index (χ1n) is 6.21. The first-order valence-corrected chi connectivity index (χ1v) is 6.21. The Kier molecular flexibility index (Phi) is 4.21. The summed E-state index contributed by atoms with van der Waals surface area (Å²) >= 11 is 0. The summed E-state index contributed by atoms with van der Waals surface area (Å²) in [5.74, 6) is -0.167. The van der Waals surface area contributed by atoms with E-state index in [4.69, 9.17) is 10.00 Å². The van der Waals surface area contributed by atoms with Crippen molar-refractivity contribution in [1.29, 1.82) is 5.26 Å². The van der Waals surface area contributed by atoms with Crippen LogP contribution in [-0.4, -0.2) is 7.11 Å². The maximum atomic E-state index is 13.6. The summed E-state index contributed by atoms with van der Waals surface area (Å²) in [6, 6.07) is 12.4. The van der Waals surface area contributed by atoms with Crippen LogP contribution in [0.3, 0.4) is 0 Å². The van der Waals surface area contributed by atoms with Crippen LogP contribution in [0.2, 0.25) is 0 Å². The fourth-order valence-electron chi connectivity index (χ4n) is 1.94. The summed E-state index contributed by atoms with van der Waals surface area (Å²) in [6.45, 7) is 2.52. The molecule has 0 heterocycles. The Morgan fingerprint density at radius 3 is 2.65 bits per heavy atom. The number of nitriles is 1. The average Bonchev–Trinajstić information content (AvgIpc) is 2.46. The molecule has 0 aliphatic rings. The van der Waals surface area contributed by atoms with Crippen molar-refractivity contribution >= 4 is 5.69 Å². The first kappa shape index (κ1) is 13.9. The van der Waals surface area contributed by atoms with E-state index >= 15 is 0 Å². The number of benzene rings is 2. The van der Waals surface area contributed by atoms with Crippen molar-refractivity contribution in [2.45, 2.75) is 13.5 Å². The van der Waals surface area contributed by atoms with Gasteiger partial charge < -0.3 is 10.1 Å². The van der Waals surface area contributed by atoms with Crippen LogP contribution < -0.4 is 10.1 Å². The molecule has 0 aromatic heterocycles. The molecular formula is C16H15FN2O. The maximum Gasteiger partial charge on any atom is 0.167 e. The molecule has 0 fully saturated rings. The summed E-state index contributed by atoms with van der Waals surface area (Å²) in [5.41, 5.74) is 3.43. The van der Waals surface area contributed by atoms with E-state index in [1.165, 1.54) is 13.2 Å². The minimum Gasteiger partial charge on any atom is -0.494 e. The predicted octanol–water partition coefficient (Wildman–Crippen LogP) is 3.63. The molecule has 0 spiro atoms.